The van der Waals surface area contributed by atoms with Gasteiger partial charge in [-0.25, -0.2) is 4.79 Å². The first kappa shape index (κ1) is 28.1. The van der Waals surface area contributed by atoms with Gasteiger partial charge >= 0.3 is 11.9 Å². The fourth-order valence-corrected chi connectivity index (χ4v) is 7.09. The third-order valence-corrected chi connectivity index (χ3v) is 9.17. The average molecular weight is 529 g/mol. The summed E-state index contributed by atoms with van der Waals surface area (Å²) in [6, 6.07) is 8.19. The van der Waals surface area contributed by atoms with E-state index in [4.69, 9.17) is 9.47 Å². The van der Waals surface area contributed by atoms with E-state index in [1.807, 2.05) is 0 Å². The summed E-state index contributed by atoms with van der Waals surface area (Å²) < 4.78 is 11.7. The molecule has 0 amide bonds. The van der Waals surface area contributed by atoms with Crippen molar-refractivity contribution in [1.29, 1.82) is 0 Å². The van der Waals surface area contributed by atoms with Gasteiger partial charge in [0.2, 0.25) is 0 Å². The molecule has 206 valence electrons. The Labute approximate surface area is 221 Å². The zero-order valence-corrected chi connectivity index (χ0v) is 22.4. The number of benzene rings is 1. The number of allylic oxidation sites excluding steroid dienone is 1. The van der Waals surface area contributed by atoms with Crippen LogP contribution in [0.3, 0.4) is 0 Å². The Balaban J connectivity index is 2.01. The van der Waals surface area contributed by atoms with Crippen LogP contribution in [0.4, 0.5) is 0 Å². The maximum Gasteiger partial charge on any atom is 0.338 e. The van der Waals surface area contributed by atoms with Crippen molar-refractivity contribution in [1.82, 2.24) is 0 Å². The SMILES string of the molecule is CC(=O)O[C@H]1C(=O)[C@]2(C)CC[C@H](O)[C@@](O)(CO)[C@H]2[C@H](OC(=O)c2ccccc2)[C@@H]2CC(=O)C(C)=C1C2(C)C. The number of ether oxygens (including phenoxy) is 2. The molecular weight excluding hydrogens is 492 g/mol. The molecule has 2 saturated carbocycles. The molecule has 0 unspecified atom stereocenters. The summed E-state index contributed by atoms with van der Waals surface area (Å²) in [5.74, 6) is -4.39. The van der Waals surface area contributed by atoms with Gasteiger partial charge in [0.15, 0.2) is 17.7 Å². The standard InChI is InChI=1S/C29H36O9/c1-15-19(32)13-18-22(38-26(35)17-9-7-6-8-10-17)24-28(5,12-11-20(33)29(24,36)14-30)25(34)23(37-16(2)31)21(15)27(18,3)4/h6-10,18,20,22-24,30,33,36H,11-14H2,1-5H3/t18-,20-,22+,23+,24-,28+,29-/m0/s1. The van der Waals surface area contributed by atoms with Gasteiger partial charge in [-0.15, -0.1) is 0 Å². The second kappa shape index (κ2) is 9.70. The normalized spacial score (nSPS) is 36.6. The molecule has 4 rings (SSSR count). The number of fused-ring (bicyclic) bond motifs is 3. The highest BCUT2D eigenvalue weighted by Crippen LogP contribution is 2.59. The second-order valence-corrected chi connectivity index (χ2v) is 11.7. The van der Waals surface area contributed by atoms with Crippen LogP contribution in [0.2, 0.25) is 0 Å². The molecule has 3 N–H and O–H groups in total. The summed E-state index contributed by atoms with van der Waals surface area (Å²) in [4.78, 5) is 53.3. The number of rotatable bonds is 4. The minimum absolute atomic E-state index is 0.0209. The number of carbonyl (C=O) groups is 4. The van der Waals surface area contributed by atoms with Crippen molar-refractivity contribution in [2.24, 2.45) is 22.7 Å². The minimum atomic E-state index is -2.24. The van der Waals surface area contributed by atoms with Gasteiger partial charge in [-0.2, -0.15) is 0 Å². The Morgan fingerprint density at radius 3 is 2.29 bits per heavy atom. The number of hydrogen-bond acceptors (Lipinski definition) is 9. The van der Waals surface area contributed by atoms with E-state index < -0.39 is 70.9 Å². The van der Waals surface area contributed by atoms with Crippen LogP contribution in [-0.2, 0) is 23.9 Å². The lowest BCUT2D eigenvalue weighted by Gasteiger charge is -2.59. The van der Waals surface area contributed by atoms with E-state index in [0.717, 1.165) is 0 Å². The maximum atomic E-state index is 14.4. The molecule has 1 aromatic carbocycles. The lowest BCUT2D eigenvalue weighted by atomic mass is 9.47. The molecule has 3 aliphatic carbocycles. The molecule has 9 heteroatoms. The molecule has 0 radical (unpaired) electrons. The van der Waals surface area contributed by atoms with Crippen LogP contribution in [0.25, 0.3) is 0 Å². The van der Waals surface area contributed by atoms with Gasteiger partial charge in [-0.1, -0.05) is 39.0 Å². The highest BCUT2D eigenvalue weighted by atomic mass is 16.6. The minimum Gasteiger partial charge on any atom is -0.458 e. The summed E-state index contributed by atoms with van der Waals surface area (Å²) >= 11 is 0. The van der Waals surface area contributed by atoms with Crippen LogP contribution in [0, 0.1) is 22.7 Å². The first-order valence-electron chi connectivity index (χ1n) is 12.9. The van der Waals surface area contributed by atoms with Crippen LogP contribution in [-0.4, -0.2) is 69.3 Å². The highest BCUT2D eigenvalue weighted by molar-refractivity contribution is 6.02. The smallest absolute Gasteiger partial charge is 0.338 e. The Morgan fingerprint density at radius 1 is 1.08 bits per heavy atom. The third-order valence-electron chi connectivity index (χ3n) is 9.17. The van der Waals surface area contributed by atoms with Crippen LogP contribution < -0.4 is 0 Å². The average Bonchev–Trinajstić information content (AvgIpc) is 2.86. The second-order valence-electron chi connectivity index (χ2n) is 11.7. The van der Waals surface area contributed by atoms with Crippen molar-refractivity contribution in [2.75, 3.05) is 6.61 Å². The van der Waals surface area contributed by atoms with Crippen molar-refractivity contribution >= 4 is 23.5 Å². The van der Waals surface area contributed by atoms with Crippen LogP contribution in [0.1, 0.15) is 64.2 Å². The van der Waals surface area contributed by atoms with Crippen LogP contribution in [0.15, 0.2) is 41.5 Å². The van der Waals surface area contributed by atoms with Crippen molar-refractivity contribution in [3.63, 3.8) is 0 Å². The summed E-state index contributed by atoms with van der Waals surface area (Å²) in [5.41, 5.74) is -3.84. The molecule has 2 bridgehead atoms. The van der Waals surface area contributed by atoms with Crippen molar-refractivity contribution in [2.45, 2.75) is 77.8 Å². The number of carbonyl (C=O) groups excluding carboxylic acids is 4. The zero-order chi connectivity index (χ0) is 28.2. The molecule has 0 aliphatic heterocycles. The molecule has 0 saturated heterocycles. The summed E-state index contributed by atoms with van der Waals surface area (Å²) in [7, 11) is 0. The molecule has 38 heavy (non-hydrogen) atoms. The van der Waals surface area contributed by atoms with E-state index in [2.05, 4.69) is 0 Å². The summed E-state index contributed by atoms with van der Waals surface area (Å²) in [5, 5.41) is 33.2. The van der Waals surface area contributed by atoms with E-state index in [-0.39, 0.29) is 30.6 Å². The van der Waals surface area contributed by atoms with Gasteiger partial charge in [0.1, 0.15) is 11.7 Å². The van der Waals surface area contributed by atoms with E-state index >= 15 is 0 Å². The monoisotopic (exact) mass is 528 g/mol. The zero-order valence-electron chi connectivity index (χ0n) is 22.4. The molecule has 9 nitrogen and oxygen atoms in total. The van der Waals surface area contributed by atoms with E-state index in [9.17, 15) is 34.5 Å². The molecule has 0 aromatic heterocycles. The first-order chi connectivity index (χ1) is 17.7. The predicted octanol–water partition coefficient (Wildman–Crippen LogP) is 2.16. The topological polar surface area (TPSA) is 147 Å². The molecule has 0 spiro atoms. The molecular formula is C29H36O9. The van der Waals surface area contributed by atoms with E-state index in [0.29, 0.717) is 11.1 Å². The lowest BCUT2D eigenvalue weighted by Crippen LogP contribution is -2.70. The fraction of sp³-hybridized carbons (Fsp3) is 0.586. The maximum absolute atomic E-state index is 14.4. The summed E-state index contributed by atoms with van der Waals surface area (Å²) in [6.07, 6.45) is -4.10. The molecule has 0 heterocycles. The number of aliphatic hydroxyl groups excluding tert-OH is 2. The van der Waals surface area contributed by atoms with E-state index in [1.54, 1.807) is 58.0 Å². The number of aliphatic hydroxyl groups is 3. The first-order valence-corrected chi connectivity index (χ1v) is 12.9. The third kappa shape index (κ3) is 4.21. The number of esters is 2. The Kier molecular flexibility index (Phi) is 7.18. The predicted molar refractivity (Wildman–Crippen MR) is 135 cm³/mol. The Morgan fingerprint density at radius 2 is 1.71 bits per heavy atom. The van der Waals surface area contributed by atoms with Crippen LogP contribution >= 0.6 is 0 Å². The largest absolute Gasteiger partial charge is 0.458 e. The quantitative estimate of drug-likeness (QED) is 0.500. The van der Waals surface area contributed by atoms with Crippen molar-refractivity contribution in [3.05, 3.63) is 47.0 Å². The Bertz CT molecular complexity index is 1190. The fourth-order valence-electron chi connectivity index (χ4n) is 7.09. The highest BCUT2D eigenvalue weighted by Gasteiger charge is 2.68. The van der Waals surface area contributed by atoms with Gasteiger partial charge in [-0.05, 0) is 48.5 Å². The van der Waals surface area contributed by atoms with E-state index in [1.165, 1.54) is 6.92 Å². The van der Waals surface area contributed by atoms with Gasteiger partial charge in [-0.3, -0.25) is 14.4 Å². The molecule has 1 aromatic rings. The Hall–Kier alpha value is -2.88. The van der Waals surface area contributed by atoms with Gasteiger partial charge in [0.25, 0.3) is 0 Å². The van der Waals surface area contributed by atoms with Gasteiger partial charge in [0.05, 0.1) is 18.3 Å². The van der Waals surface area contributed by atoms with Gasteiger partial charge < -0.3 is 24.8 Å². The van der Waals surface area contributed by atoms with Crippen molar-refractivity contribution in [3.8, 4) is 0 Å². The molecule has 2 fully saturated rings. The molecule has 3 aliphatic rings. The number of hydrogen-bond donors (Lipinski definition) is 3. The summed E-state index contributed by atoms with van der Waals surface area (Å²) in [6.45, 7) is 7.02. The number of Topliss-reactive ketones (excluding diaryl/α,β-unsaturated/α-hetero) is 2. The molecule has 7 atom stereocenters. The van der Waals surface area contributed by atoms with Crippen molar-refractivity contribution < 1.29 is 44.0 Å². The van der Waals surface area contributed by atoms with Gasteiger partial charge in [0, 0.05) is 30.6 Å². The lowest BCUT2D eigenvalue weighted by molar-refractivity contribution is -0.236. The van der Waals surface area contributed by atoms with Crippen LogP contribution in [0.5, 0.6) is 0 Å². The number of ketones is 2.